The van der Waals surface area contributed by atoms with Crippen molar-refractivity contribution in [2.24, 2.45) is 17.3 Å². The molecule has 0 radical (unpaired) electrons. The highest BCUT2D eigenvalue weighted by Crippen LogP contribution is 2.67. The number of furan rings is 2. The van der Waals surface area contributed by atoms with E-state index in [0.29, 0.717) is 19.3 Å². The molecule has 0 aromatic carbocycles. The summed E-state index contributed by atoms with van der Waals surface area (Å²) in [4.78, 5) is 38.3. The first-order valence-electron chi connectivity index (χ1n) is 12.4. The molecule has 9 nitrogen and oxygen atoms in total. The van der Waals surface area contributed by atoms with Crippen molar-refractivity contribution in [2.45, 2.75) is 83.4 Å². The summed E-state index contributed by atoms with van der Waals surface area (Å²) in [6.45, 7) is 9.24. The smallest absolute Gasteiger partial charge is 0.374 e. The van der Waals surface area contributed by atoms with Crippen LogP contribution in [0.5, 0.6) is 0 Å². The van der Waals surface area contributed by atoms with Gasteiger partial charge in [0.1, 0.15) is 23.9 Å². The van der Waals surface area contributed by atoms with E-state index in [-0.39, 0.29) is 23.4 Å². The van der Waals surface area contributed by atoms with E-state index in [1.807, 2.05) is 27.7 Å². The second-order valence-electron chi connectivity index (χ2n) is 10.9. The zero-order valence-electron chi connectivity index (χ0n) is 21.1. The maximum atomic E-state index is 13.1. The third-order valence-electron chi connectivity index (χ3n) is 8.59. The highest BCUT2D eigenvalue weighted by Gasteiger charge is 2.79. The van der Waals surface area contributed by atoms with Gasteiger partial charge in [0, 0.05) is 12.8 Å². The molecule has 2 aromatic heterocycles. The molecule has 0 N–H and O–H groups in total. The first kappa shape index (κ1) is 24.6. The van der Waals surface area contributed by atoms with Gasteiger partial charge < -0.3 is 27.8 Å². The summed E-state index contributed by atoms with van der Waals surface area (Å²) in [7, 11) is 0. The van der Waals surface area contributed by atoms with Crippen LogP contribution in [-0.4, -0.2) is 47.4 Å². The van der Waals surface area contributed by atoms with Gasteiger partial charge in [0.2, 0.25) is 11.5 Å². The maximum absolute atomic E-state index is 13.1. The molecule has 2 saturated carbocycles. The number of hydrogen-bond donors (Lipinski definition) is 0. The Balaban J connectivity index is 1.61. The molecule has 1 aliphatic heterocycles. The third-order valence-corrected chi connectivity index (χ3v) is 8.59. The molecular formula is C27H32O9. The van der Waals surface area contributed by atoms with Crippen molar-refractivity contribution in [3.63, 3.8) is 0 Å². The zero-order chi connectivity index (χ0) is 25.9. The van der Waals surface area contributed by atoms with Crippen LogP contribution in [-0.2, 0) is 23.7 Å². The van der Waals surface area contributed by atoms with Crippen LogP contribution in [0.15, 0.2) is 45.6 Å². The molecule has 36 heavy (non-hydrogen) atoms. The minimum atomic E-state index is -1.09. The molecule has 0 amide bonds. The van der Waals surface area contributed by atoms with Gasteiger partial charge in [0.25, 0.3) is 0 Å². The number of hydrogen-bond acceptors (Lipinski definition) is 9. The van der Waals surface area contributed by atoms with Crippen molar-refractivity contribution in [3.05, 3.63) is 48.3 Å². The normalized spacial score (nSPS) is 36.5. The molecule has 3 heterocycles. The first-order valence-corrected chi connectivity index (χ1v) is 12.4. The van der Waals surface area contributed by atoms with Gasteiger partial charge in [0.05, 0.1) is 23.5 Å². The molecule has 3 fully saturated rings. The van der Waals surface area contributed by atoms with E-state index in [0.717, 1.165) is 0 Å². The van der Waals surface area contributed by atoms with E-state index in [1.54, 1.807) is 24.3 Å². The average molecular weight is 501 g/mol. The Morgan fingerprint density at radius 2 is 1.50 bits per heavy atom. The lowest BCUT2D eigenvalue weighted by molar-refractivity contribution is -0.283. The molecule has 194 valence electrons. The molecule has 3 aliphatic rings. The van der Waals surface area contributed by atoms with Crippen molar-refractivity contribution in [3.8, 4) is 0 Å². The van der Waals surface area contributed by atoms with Crippen LogP contribution in [0.25, 0.3) is 0 Å². The zero-order valence-corrected chi connectivity index (χ0v) is 21.1. The van der Waals surface area contributed by atoms with Gasteiger partial charge in [-0.15, -0.1) is 0 Å². The maximum Gasteiger partial charge on any atom is 0.374 e. The molecule has 2 aliphatic carbocycles. The minimum Gasteiger partial charge on any atom is -0.462 e. The van der Waals surface area contributed by atoms with Crippen LogP contribution in [0.4, 0.5) is 0 Å². The van der Waals surface area contributed by atoms with Gasteiger partial charge >= 0.3 is 17.9 Å². The fourth-order valence-electron chi connectivity index (χ4n) is 6.94. The monoisotopic (exact) mass is 500 g/mol. The van der Waals surface area contributed by atoms with Crippen molar-refractivity contribution in [2.75, 3.05) is 0 Å². The van der Waals surface area contributed by atoms with Crippen LogP contribution < -0.4 is 0 Å². The number of carbonyl (C=O) groups excluding carboxylic acids is 3. The summed E-state index contributed by atoms with van der Waals surface area (Å²) in [5.41, 5.74) is -2.82. The Labute approximate surface area is 209 Å². The fraction of sp³-hybridized carbons (Fsp3) is 0.593. The number of carbonyl (C=O) groups is 3. The van der Waals surface area contributed by atoms with Gasteiger partial charge in [-0.25, -0.2) is 9.59 Å². The lowest BCUT2D eigenvalue weighted by Gasteiger charge is -2.61. The summed E-state index contributed by atoms with van der Waals surface area (Å²) >= 11 is 0. The Kier molecular flexibility index (Phi) is 5.82. The minimum absolute atomic E-state index is 0.0828. The summed E-state index contributed by atoms with van der Waals surface area (Å²) in [6, 6.07) is 6.33. The van der Waals surface area contributed by atoms with E-state index < -0.39 is 52.8 Å². The summed E-state index contributed by atoms with van der Waals surface area (Å²) in [6.07, 6.45) is 2.41. The van der Waals surface area contributed by atoms with Gasteiger partial charge in [-0.2, -0.15) is 0 Å². The van der Waals surface area contributed by atoms with E-state index in [4.69, 9.17) is 27.8 Å². The Hall–Kier alpha value is -3.07. The second kappa shape index (κ2) is 8.50. The van der Waals surface area contributed by atoms with Crippen molar-refractivity contribution >= 4 is 17.9 Å². The Bertz CT molecular complexity index is 1130. The third kappa shape index (κ3) is 3.50. The van der Waals surface area contributed by atoms with Gasteiger partial charge in [0.15, 0.2) is 0 Å². The van der Waals surface area contributed by atoms with E-state index >= 15 is 0 Å². The standard InChI is InChI=1S/C27H32O9/c1-15-10-11-20(33-16(2)28)26(5)21(34-23(29)18-8-6-12-31-18)14-17-22(27(15,26)36-25(17,3)4)35-24(30)19-9-7-13-32-19/h6-9,12-13,15,17,20-22H,10-11,14H2,1-5H3/t15-,17-,20+,21+,22+,26+,27-/m1/s1. The Morgan fingerprint density at radius 3 is 2.06 bits per heavy atom. The molecule has 0 unspecified atom stereocenters. The predicted molar refractivity (Wildman–Crippen MR) is 124 cm³/mol. The lowest BCUT2D eigenvalue weighted by Crippen LogP contribution is -2.73. The largest absolute Gasteiger partial charge is 0.462 e. The summed E-state index contributed by atoms with van der Waals surface area (Å²) in [5.74, 6) is -1.85. The number of ether oxygens (including phenoxy) is 4. The molecule has 5 rings (SSSR count). The topological polar surface area (TPSA) is 114 Å². The number of esters is 3. The van der Waals surface area contributed by atoms with Crippen LogP contribution in [0.2, 0.25) is 0 Å². The first-order chi connectivity index (χ1) is 17.0. The van der Waals surface area contributed by atoms with Gasteiger partial charge in [-0.1, -0.05) is 6.92 Å². The van der Waals surface area contributed by atoms with Gasteiger partial charge in [-0.05, 0) is 70.2 Å². The molecule has 2 aromatic rings. The van der Waals surface area contributed by atoms with Crippen LogP contribution in [0, 0.1) is 17.3 Å². The van der Waals surface area contributed by atoms with E-state index in [9.17, 15) is 14.4 Å². The number of fused-ring (bicyclic) bond motifs is 1. The average Bonchev–Trinajstić information content (AvgIpc) is 3.55. The van der Waals surface area contributed by atoms with Crippen molar-refractivity contribution < 1.29 is 42.2 Å². The van der Waals surface area contributed by atoms with E-state index in [1.165, 1.54) is 19.5 Å². The summed E-state index contributed by atoms with van der Waals surface area (Å²) < 4.78 is 35.6. The highest BCUT2D eigenvalue weighted by molar-refractivity contribution is 5.87. The molecule has 1 spiro atoms. The molecule has 1 saturated heterocycles. The Morgan fingerprint density at radius 1 is 0.889 bits per heavy atom. The molecule has 9 heteroatoms. The van der Waals surface area contributed by atoms with Gasteiger partial charge in [-0.3, -0.25) is 4.79 Å². The quantitative estimate of drug-likeness (QED) is 0.430. The van der Waals surface area contributed by atoms with E-state index in [2.05, 4.69) is 0 Å². The molecular weight excluding hydrogens is 468 g/mol. The summed E-state index contributed by atoms with van der Waals surface area (Å²) in [5, 5.41) is 0. The highest BCUT2D eigenvalue weighted by atomic mass is 16.6. The van der Waals surface area contributed by atoms with Crippen LogP contribution >= 0.6 is 0 Å². The van der Waals surface area contributed by atoms with Crippen LogP contribution in [0.3, 0.4) is 0 Å². The van der Waals surface area contributed by atoms with Crippen LogP contribution in [0.1, 0.15) is 75.0 Å². The number of rotatable bonds is 5. The van der Waals surface area contributed by atoms with Crippen molar-refractivity contribution in [1.29, 1.82) is 0 Å². The van der Waals surface area contributed by atoms with Crippen molar-refractivity contribution in [1.82, 2.24) is 0 Å². The molecule has 7 atom stereocenters. The fourth-order valence-corrected chi connectivity index (χ4v) is 6.94. The molecule has 2 bridgehead atoms. The SMILES string of the molecule is CC(=O)O[C@H]1CC[C@@H](C)[C@]23OC(C)(C)[C@H](C[C@H](OC(=O)c4ccco4)[C@]12C)[C@@H]3OC(=O)c1ccco1. The second-order valence-corrected chi connectivity index (χ2v) is 10.9. The lowest BCUT2D eigenvalue weighted by atomic mass is 9.49. The predicted octanol–water partition coefficient (Wildman–Crippen LogP) is 4.56.